The number of fused-ring (bicyclic) bond motifs is 1. The second-order valence-electron chi connectivity index (χ2n) is 10.2. The van der Waals surface area contributed by atoms with E-state index in [1.807, 2.05) is 19.1 Å². The van der Waals surface area contributed by atoms with Crippen molar-refractivity contribution in [1.82, 2.24) is 30.1 Å². The Morgan fingerprint density at radius 2 is 1.83 bits per heavy atom. The zero-order valence-electron chi connectivity index (χ0n) is 21.6. The van der Waals surface area contributed by atoms with Crippen LogP contribution < -0.4 is 5.56 Å². The number of hydrogen-bond donors (Lipinski definition) is 1. The lowest BCUT2D eigenvalue weighted by Gasteiger charge is -2.31. The first-order chi connectivity index (χ1) is 17.5. The lowest BCUT2D eigenvalue weighted by molar-refractivity contribution is 0.169. The molecule has 1 saturated carbocycles. The van der Waals surface area contributed by atoms with Crippen molar-refractivity contribution < 1.29 is 0 Å². The van der Waals surface area contributed by atoms with Gasteiger partial charge in [-0.15, -0.1) is 5.10 Å². The van der Waals surface area contributed by atoms with Crippen molar-refractivity contribution in [1.29, 1.82) is 0 Å². The number of nitrogens with one attached hydrogen (secondary N) is 1. The highest BCUT2D eigenvalue weighted by Gasteiger charge is 2.29. The summed E-state index contributed by atoms with van der Waals surface area (Å²) in [5, 5.41) is 14.1. The first-order valence-electron chi connectivity index (χ1n) is 13.2. The van der Waals surface area contributed by atoms with E-state index in [0.717, 1.165) is 60.1 Å². The number of benzene rings is 2. The number of rotatable bonds is 9. The molecule has 2 aromatic heterocycles. The van der Waals surface area contributed by atoms with Crippen molar-refractivity contribution in [2.45, 2.75) is 77.9 Å². The fourth-order valence-electron chi connectivity index (χ4n) is 5.70. The minimum Gasteiger partial charge on any atom is -0.321 e. The predicted octanol–water partition coefficient (Wildman–Crippen LogP) is 5.44. The summed E-state index contributed by atoms with van der Waals surface area (Å²) in [6.45, 7) is 7.73. The van der Waals surface area contributed by atoms with Crippen LogP contribution in [0.15, 0.2) is 53.3 Å². The number of H-pyrrole nitrogens is 1. The van der Waals surface area contributed by atoms with Crippen LogP contribution >= 0.6 is 0 Å². The zero-order valence-corrected chi connectivity index (χ0v) is 21.6. The van der Waals surface area contributed by atoms with E-state index >= 15 is 0 Å². The molecule has 2 aromatic carbocycles. The second-order valence-corrected chi connectivity index (χ2v) is 10.2. The van der Waals surface area contributed by atoms with E-state index in [1.165, 1.54) is 24.0 Å². The summed E-state index contributed by atoms with van der Waals surface area (Å²) in [7, 11) is 0. The average Bonchev–Trinajstić information content (AvgIpc) is 3.57. The lowest BCUT2D eigenvalue weighted by atomic mass is 10.0. The van der Waals surface area contributed by atoms with Gasteiger partial charge in [0.05, 0.1) is 17.6 Å². The summed E-state index contributed by atoms with van der Waals surface area (Å²) in [4.78, 5) is 18.7. The van der Waals surface area contributed by atoms with Crippen LogP contribution in [0.4, 0.5) is 0 Å². The van der Waals surface area contributed by atoms with Crippen molar-refractivity contribution >= 4 is 10.9 Å². The summed E-state index contributed by atoms with van der Waals surface area (Å²) in [5.74, 6) is 0.919. The molecule has 0 saturated heterocycles. The molecule has 7 heteroatoms. The topological polar surface area (TPSA) is 79.7 Å². The smallest absolute Gasteiger partial charge is 0.252 e. The maximum Gasteiger partial charge on any atom is 0.252 e. The second kappa shape index (κ2) is 10.7. The molecule has 1 N–H and O–H groups in total. The minimum atomic E-state index is -0.0251. The Balaban J connectivity index is 1.50. The highest BCUT2D eigenvalue weighted by Crippen LogP contribution is 2.33. The first-order valence-corrected chi connectivity index (χ1v) is 13.2. The highest BCUT2D eigenvalue weighted by molar-refractivity contribution is 5.81. The third-order valence-electron chi connectivity index (χ3n) is 7.78. The van der Waals surface area contributed by atoms with Crippen molar-refractivity contribution in [3.05, 3.63) is 87.0 Å². The van der Waals surface area contributed by atoms with Crippen molar-refractivity contribution in [2.75, 3.05) is 6.54 Å². The van der Waals surface area contributed by atoms with Crippen molar-refractivity contribution in [3.63, 3.8) is 0 Å². The molecule has 0 radical (unpaired) electrons. The van der Waals surface area contributed by atoms with Crippen LogP contribution in [-0.4, -0.2) is 36.6 Å². The van der Waals surface area contributed by atoms with Gasteiger partial charge in [0.1, 0.15) is 0 Å². The molecule has 1 aliphatic rings. The lowest BCUT2D eigenvalue weighted by Crippen LogP contribution is -2.34. The molecule has 1 atom stereocenters. The van der Waals surface area contributed by atoms with Crippen LogP contribution in [0.25, 0.3) is 10.9 Å². The molecule has 0 amide bonds. The van der Waals surface area contributed by atoms with Gasteiger partial charge in [-0.05, 0) is 78.1 Å². The SMILES string of the molecule is CC[C@@H](c1nnnn1C1CCCC1)N(CCc1ccccc1C)Cc1cc2cccc(C)c2[nH]c1=O. The summed E-state index contributed by atoms with van der Waals surface area (Å²) in [6, 6.07) is 17.1. The van der Waals surface area contributed by atoms with E-state index in [-0.39, 0.29) is 11.6 Å². The molecular weight excluding hydrogens is 448 g/mol. The number of tetrazole rings is 1. The van der Waals surface area contributed by atoms with Gasteiger partial charge in [-0.25, -0.2) is 4.68 Å². The van der Waals surface area contributed by atoms with E-state index in [9.17, 15) is 4.79 Å². The van der Waals surface area contributed by atoms with Crippen LogP contribution in [0.1, 0.15) is 79.2 Å². The molecule has 0 spiro atoms. The molecule has 0 unspecified atom stereocenters. The fraction of sp³-hybridized carbons (Fsp3) is 0.448. The minimum absolute atomic E-state index is 0.0251. The third kappa shape index (κ3) is 4.98. The van der Waals surface area contributed by atoms with Gasteiger partial charge in [0.25, 0.3) is 5.56 Å². The fourth-order valence-corrected chi connectivity index (χ4v) is 5.70. The van der Waals surface area contributed by atoms with Crippen molar-refractivity contribution in [2.24, 2.45) is 0 Å². The number of nitrogens with zero attached hydrogens (tertiary/aromatic N) is 5. The van der Waals surface area contributed by atoms with Crippen LogP contribution in [0, 0.1) is 13.8 Å². The summed E-state index contributed by atoms with van der Waals surface area (Å²) in [6.07, 6.45) is 6.47. The zero-order chi connectivity index (χ0) is 25.1. The third-order valence-corrected chi connectivity index (χ3v) is 7.78. The van der Waals surface area contributed by atoms with Crippen LogP contribution in [0.5, 0.6) is 0 Å². The maximum absolute atomic E-state index is 13.2. The van der Waals surface area contributed by atoms with Crippen LogP contribution in [-0.2, 0) is 13.0 Å². The molecule has 2 heterocycles. The Morgan fingerprint density at radius 1 is 1.06 bits per heavy atom. The Hall–Kier alpha value is -3.32. The molecule has 36 heavy (non-hydrogen) atoms. The molecular formula is C29H36N6O. The summed E-state index contributed by atoms with van der Waals surface area (Å²) >= 11 is 0. The van der Waals surface area contributed by atoms with E-state index in [2.05, 4.69) is 80.3 Å². The Labute approximate surface area is 212 Å². The number of aromatic nitrogens is 5. The van der Waals surface area contributed by atoms with Gasteiger partial charge in [-0.2, -0.15) is 0 Å². The summed E-state index contributed by atoms with van der Waals surface area (Å²) in [5.41, 5.74) is 5.36. The number of aryl methyl sites for hydroxylation is 2. The maximum atomic E-state index is 13.2. The van der Waals surface area contributed by atoms with Gasteiger partial charge in [-0.3, -0.25) is 9.69 Å². The number of para-hydroxylation sites is 1. The Kier molecular flexibility index (Phi) is 7.28. The summed E-state index contributed by atoms with van der Waals surface area (Å²) < 4.78 is 2.07. The van der Waals surface area contributed by atoms with Gasteiger partial charge in [0, 0.05) is 18.7 Å². The number of hydrogen-bond acceptors (Lipinski definition) is 5. The van der Waals surface area contributed by atoms with Gasteiger partial charge >= 0.3 is 0 Å². The van der Waals surface area contributed by atoms with Gasteiger partial charge < -0.3 is 4.98 Å². The number of aromatic amines is 1. The Bertz CT molecular complexity index is 1380. The highest BCUT2D eigenvalue weighted by atomic mass is 16.1. The average molecular weight is 485 g/mol. The molecule has 1 aliphatic carbocycles. The standard InChI is InChI=1S/C29H36N6O/c1-4-26(28-31-32-33-35(28)25-14-7-8-15-25)34(17-16-22-12-6-5-10-20(22)2)19-24-18-23-13-9-11-21(3)27(23)30-29(24)36/h5-6,9-13,18,25-26H,4,7-8,14-17,19H2,1-3H3,(H,30,36)/t26-/m0/s1. The molecule has 0 bridgehead atoms. The van der Waals surface area contributed by atoms with Gasteiger partial charge in [-0.1, -0.05) is 62.2 Å². The number of pyridine rings is 1. The van der Waals surface area contributed by atoms with Gasteiger partial charge in [0.2, 0.25) is 0 Å². The largest absolute Gasteiger partial charge is 0.321 e. The van der Waals surface area contributed by atoms with E-state index < -0.39 is 0 Å². The van der Waals surface area contributed by atoms with E-state index in [0.29, 0.717) is 12.6 Å². The molecule has 0 aliphatic heterocycles. The molecule has 1 fully saturated rings. The van der Waals surface area contributed by atoms with Crippen molar-refractivity contribution in [3.8, 4) is 0 Å². The van der Waals surface area contributed by atoms with E-state index in [1.54, 1.807) is 0 Å². The molecule has 5 rings (SSSR count). The quantitative estimate of drug-likeness (QED) is 0.342. The normalized spacial score (nSPS) is 15.2. The van der Waals surface area contributed by atoms with Crippen LogP contribution in [0.3, 0.4) is 0 Å². The molecule has 7 nitrogen and oxygen atoms in total. The predicted molar refractivity (Wildman–Crippen MR) is 143 cm³/mol. The van der Waals surface area contributed by atoms with E-state index in [4.69, 9.17) is 0 Å². The molecule has 4 aromatic rings. The monoisotopic (exact) mass is 484 g/mol. The van der Waals surface area contributed by atoms with Gasteiger partial charge in [0.15, 0.2) is 5.82 Å². The molecule has 188 valence electrons. The Morgan fingerprint density at radius 3 is 2.61 bits per heavy atom. The first kappa shape index (κ1) is 24.4. The van der Waals surface area contributed by atoms with Crippen LogP contribution in [0.2, 0.25) is 0 Å².